The van der Waals surface area contributed by atoms with Gasteiger partial charge in [-0.25, -0.2) is 18.7 Å². The van der Waals surface area contributed by atoms with Crippen molar-refractivity contribution in [2.75, 3.05) is 93.6 Å². The van der Waals surface area contributed by atoms with Crippen LogP contribution in [0.15, 0.2) is 95.3 Å². The number of fused-ring (bicyclic) bond motifs is 10. The van der Waals surface area contributed by atoms with Crippen LogP contribution in [0.3, 0.4) is 0 Å². The topological polar surface area (TPSA) is 210 Å². The number of anilines is 4. The number of piperidine rings is 1. The quantitative estimate of drug-likeness (QED) is 0.103. The van der Waals surface area contributed by atoms with Crippen molar-refractivity contribution in [3.05, 3.63) is 151 Å². The SMILES string of the molecule is C=CC(=O)N1C[C@@H]2C(=O)N(CCN(C)C)c3c(c4cc(Cl)c(-c5c(O)cccc5F)nc4n(-c4c(C)ccnc4C(C)C)c3=O)N2C[C@H]1C.Cc1ccnc(C(C)C)c1-n1c(=O)c2c(c3cc(Cl)c(-c4c(O)cccc4F)nc31)N1C[C@@H](C)CC[C@@H]1C(=O)N2CCN(C)C. The zero-order chi connectivity index (χ0) is 67.8. The molecule has 2 N–H and O–H groups in total. The van der Waals surface area contributed by atoms with Crippen LogP contribution >= 0.6 is 23.2 Å². The van der Waals surface area contributed by atoms with Gasteiger partial charge in [-0.3, -0.25) is 43.1 Å². The number of carbonyl (C=O) groups is 3. The van der Waals surface area contributed by atoms with E-state index in [0.717, 1.165) is 17.5 Å². The number of halogens is 4. The number of amides is 3. The van der Waals surface area contributed by atoms with E-state index in [-0.39, 0.29) is 122 Å². The molecule has 0 saturated carbocycles. The van der Waals surface area contributed by atoms with Crippen molar-refractivity contribution in [2.45, 2.75) is 98.2 Å². The summed E-state index contributed by atoms with van der Waals surface area (Å²) >= 11 is 13.8. The molecule has 24 heteroatoms. The number of phenols is 2. The fourth-order valence-corrected chi connectivity index (χ4v) is 14.0. The van der Waals surface area contributed by atoms with Crippen LogP contribution in [0.4, 0.5) is 31.5 Å². The lowest BCUT2D eigenvalue weighted by atomic mass is 9.90. The fraction of sp³-hybridized carbons (Fsp3) is 0.386. The second-order valence-electron chi connectivity index (χ2n) is 26.0. The number of piperazine rings is 1. The minimum Gasteiger partial charge on any atom is -0.507 e. The number of carbonyl (C=O) groups excluding carboxylic acids is 3. The van der Waals surface area contributed by atoms with Gasteiger partial charge in [-0.1, -0.05) is 76.5 Å². The maximum atomic E-state index is 15.3. The van der Waals surface area contributed by atoms with E-state index in [0.29, 0.717) is 83.4 Å². The molecule has 0 bridgehead atoms. The summed E-state index contributed by atoms with van der Waals surface area (Å²) in [5.74, 6) is -2.69. The van der Waals surface area contributed by atoms with Gasteiger partial charge in [0.05, 0.1) is 73.2 Å². The van der Waals surface area contributed by atoms with Crippen LogP contribution in [0, 0.1) is 31.4 Å². The zero-order valence-corrected chi connectivity index (χ0v) is 56.3. The highest BCUT2D eigenvalue weighted by Crippen LogP contribution is 2.49. The first-order valence-corrected chi connectivity index (χ1v) is 32.3. The molecule has 94 heavy (non-hydrogen) atoms. The molecule has 0 unspecified atom stereocenters. The number of benzene rings is 2. The van der Waals surface area contributed by atoms with E-state index in [4.69, 9.17) is 33.2 Å². The van der Waals surface area contributed by atoms with Gasteiger partial charge >= 0.3 is 0 Å². The summed E-state index contributed by atoms with van der Waals surface area (Å²) < 4.78 is 33.5. The molecule has 4 aliphatic rings. The standard InChI is InChI=1S/C36H39ClFN7O4.C34H38ClFN6O3/c1-8-27(47)43-18-25-35(48)42(15-14-41(6)7)33-32(44(25)17-21(43)5)22-16-23(37)30(28-24(38)10-9-11-26(28)46)40-34(22)45(36(33)49)31-20(4)12-13-39-29(31)19(2)3;1-18(2)27-29(20(4)12-13-37-27)42-32-21(16-22(35)28(38-32)26-23(36)8-7-9-25(26)43)30-31(34(42)45)40(15-14-39(5)6)33(44)24-11-10-19(3)17-41(24)30/h8-13,16,19,21,25,46H,1,14-15,17-18H2,2-7H3;7-9,12-13,16,18-19,24,43H,10-11,14-15,17H2,1-6H3/t21-,25-;19-,24+/m10/s1. The highest BCUT2D eigenvalue weighted by molar-refractivity contribution is 6.35. The molecular formula is C70H77Cl2F2N13O7. The molecule has 2 fully saturated rings. The number of aromatic hydroxyl groups is 2. The van der Waals surface area contributed by atoms with Gasteiger partial charge in [0.2, 0.25) is 11.8 Å². The Kier molecular flexibility index (Phi) is 18.5. The largest absolute Gasteiger partial charge is 0.507 e. The van der Waals surface area contributed by atoms with Crippen LogP contribution < -0.4 is 30.7 Å². The van der Waals surface area contributed by atoms with Crippen molar-refractivity contribution in [3.8, 4) is 45.4 Å². The first kappa shape index (κ1) is 66.6. The Morgan fingerprint density at radius 1 is 0.638 bits per heavy atom. The number of aromatic nitrogens is 6. The van der Waals surface area contributed by atoms with Crippen molar-refractivity contribution in [3.63, 3.8) is 0 Å². The second kappa shape index (κ2) is 26.2. The maximum absolute atomic E-state index is 15.3. The predicted octanol–water partition coefficient (Wildman–Crippen LogP) is 10.8. The van der Waals surface area contributed by atoms with Crippen LogP contribution in [0.2, 0.25) is 10.0 Å². The van der Waals surface area contributed by atoms with Crippen LogP contribution in [-0.4, -0.2) is 164 Å². The van der Waals surface area contributed by atoms with Crippen LogP contribution in [0.25, 0.3) is 56.0 Å². The molecule has 4 atom stereocenters. The van der Waals surface area contributed by atoms with Crippen molar-refractivity contribution < 1.29 is 33.4 Å². The number of likely N-dealkylation sites (N-methyl/N-ethyl adjacent to an activating group) is 2. The van der Waals surface area contributed by atoms with Gasteiger partial charge in [0.15, 0.2) is 11.3 Å². The van der Waals surface area contributed by atoms with E-state index in [2.05, 4.69) is 23.5 Å². The summed E-state index contributed by atoms with van der Waals surface area (Å²) in [4.78, 5) is 104. The number of rotatable bonds is 13. The summed E-state index contributed by atoms with van der Waals surface area (Å²) in [5, 5.41) is 22.6. The summed E-state index contributed by atoms with van der Waals surface area (Å²) in [6, 6.07) is 13.3. The Labute approximate surface area is 553 Å². The zero-order valence-electron chi connectivity index (χ0n) is 54.8. The Morgan fingerprint density at radius 2 is 1.07 bits per heavy atom. The maximum Gasteiger partial charge on any atom is 0.283 e. The van der Waals surface area contributed by atoms with Crippen LogP contribution in [0.1, 0.15) is 88.7 Å². The van der Waals surface area contributed by atoms with E-state index >= 15 is 18.4 Å². The lowest BCUT2D eigenvalue weighted by Gasteiger charge is -2.50. The molecule has 8 aromatic rings. The van der Waals surface area contributed by atoms with Crippen molar-refractivity contribution in [2.24, 2.45) is 5.92 Å². The summed E-state index contributed by atoms with van der Waals surface area (Å²) in [6.07, 6.45) is 6.16. The summed E-state index contributed by atoms with van der Waals surface area (Å²) in [5.41, 5.74) is 4.43. The number of aryl methyl sites for hydroxylation is 2. The van der Waals surface area contributed by atoms with E-state index in [1.165, 1.54) is 56.5 Å². The van der Waals surface area contributed by atoms with Crippen molar-refractivity contribution in [1.29, 1.82) is 0 Å². The molecule has 20 nitrogen and oxygen atoms in total. The molecule has 0 radical (unpaired) electrons. The van der Waals surface area contributed by atoms with Crippen molar-refractivity contribution >= 4 is 85.7 Å². The highest BCUT2D eigenvalue weighted by Gasteiger charge is 2.48. The molecule has 4 aliphatic heterocycles. The predicted molar refractivity (Wildman–Crippen MR) is 366 cm³/mol. The number of hydrogen-bond donors (Lipinski definition) is 2. The Hall–Kier alpha value is -8.83. The first-order valence-electron chi connectivity index (χ1n) is 31.5. The lowest BCUT2D eigenvalue weighted by molar-refractivity contribution is -0.131. The summed E-state index contributed by atoms with van der Waals surface area (Å²) in [7, 11) is 7.62. The number of pyridine rings is 6. The minimum atomic E-state index is -0.811. The van der Waals surface area contributed by atoms with Gasteiger partial charge in [-0.2, -0.15) is 0 Å². The average Bonchev–Trinajstić information content (AvgIpc) is 0.712. The van der Waals surface area contributed by atoms with E-state index in [1.54, 1.807) is 40.4 Å². The lowest BCUT2D eigenvalue weighted by Crippen LogP contribution is -2.67. The molecule has 2 aromatic carbocycles. The number of hydrogen-bond acceptors (Lipinski definition) is 15. The second-order valence-corrected chi connectivity index (χ2v) is 26.8. The van der Waals surface area contributed by atoms with E-state index in [9.17, 15) is 24.6 Å². The molecule has 6 aromatic heterocycles. The smallest absolute Gasteiger partial charge is 0.283 e. The van der Waals surface area contributed by atoms with Gasteiger partial charge in [0.1, 0.15) is 46.6 Å². The monoisotopic (exact) mass is 1320 g/mol. The Balaban J connectivity index is 0.000000192. The molecule has 492 valence electrons. The number of phenolic OH excluding ortho intramolecular Hbond substituents is 2. The molecule has 2 saturated heterocycles. The third kappa shape index (κ3) is 11.6. The molecular weight excluding hydrogens is 1240 g/mol. The van der Waals surface area contributed by atoms with Gasteiger partial charge in [-0.05, 0) is 145 Å². The van der Waals surface area contributed by atoms with Gasteiger partial charge in [-0.15, -0.1) is 0 Å². The third-order valence-corrected chi connectivity index (χ3v) is 18.8. The third-order valence-electron chi connectivity index (χ3n) is 18.2. The molecule has 3 amide bonds. The molecule has 12 rings (SSSR count). The van der Waals surface area contributed by atoms with E-state index < -0.39 is 34.8 Å². The Bertz CT molecular complexity index is 4500. The van der Waals surface area contributed by atoms with Gasteiger partial charge in [0, 0.05) is 68.5 Å². The van der Waals surface area contributed by atoms with E-state index in [1.807, 2.05) is 102 Å². The fourth-order valence-electron chi connectivity index (χ4n) is 13.5. The summed E-state index contributed by atoms with van der Waals surface area (Å²) in [6.45, 7) is 21.8. The molecule has 0 aliphatic carbocycles. The molecule has 10 heterocycles. The van der Waals surface area contributed by atoms with Gasteiger partial charge < -0.3 is 44.5 Å². The normalized spacial score (nSPS) is 17.9. The average molecular weight is 1320 g/mol. The van der Waals surface area contributed by atoms with Gasteiger partial charge in [0.25, 0.3) is 17.0 Å². The molecule has 0 spiro atoms. The van der Waals surface area contributed by atoms with Crippen LogP contribution in [-0.2, 0) is 14.4 Å². The van der Waals surface area contributed by atoms with Crippen molar-refractivity contribution in [1.82, 2.24) is 43.8 Å². The first-order chi connectivity index (χ1) is 44.7. The minimum absolute atomic E-state index is 0.0143. The van der Waals surface area contributed by atoms with Crippen LogP contribution in [0.5, 0.6) is 11.5 Å². The Morgan fingerprint density at radius 3 is 1.49 bits per heavy atom. The number of nitrogens with zero attached hydrogens (tertiary/aromatic N) is 13. The highest BCUT2D eigenvalue weighted by atomic mass is 35.5.